The Balaban J connectivity index is 3.46. The summed E-state index contributed by atoms with van der Waals surface area (Å²) in [4.78, 5) is 0. The van der Waals surface area contributed by atoms with Crippen LogP contribution in [0.1, 0.15) is 19.8 Å². The highest BCUT2D eigenvalue weighted by molar-refractivity contribution is 6.41. The summed E-state index contributed by atoms with van der Waals surface area (Å²) in [6, 6.07) is 0.825. The Labute approximate surface area is 77.6 Å². The summed E-state index contributed by atoms with van der Waals surface area (Å²) in [7, 11) is -0.749. The van der Waals surface area contributed by atoms with Gasteiger partial charge in [0.1, 0.15) is 0 Å². The van der Waals surface area contributed by atoms with Gasteiger partial charge in [0, 0.05) is 15.9 Å². The lowest BCUT2D eigenvalue weighted by molar-refractivity contribution is -0.130. The zero-order valence-electron chi connectivity index (χ0n) is 7.56. The molecule has 0 bridgehead atoms. The lowest BCUT2D eigenvalue weighted by Gasteiger charge is -2.04. The molecular weight excluding hydrogens is 199 g/mol. The van der Waals surface area contributed by atoms with E-state index in [1.807, 2.05) is 6.92 Å². The van der Waals surface area contributed by atoms with E-state index < -0.39 is 22.1 Å². The Bertz CT molecular complexity index is 170. The minimum Gasteiger partial charge on any atom is -0.411 e. The van der Waals surface area contributed by atoms with Crippen LogP contribution >= 0.6 is 0 Å². The maximum Gasteiger partial charge on any atom is 0.388 e. The van der Waals surface area contributed by atoms with Crippen LogP contribution < -0.4 is 0 Å². The minimum atomic E-state index is -4.03. The van der Waals surface area contributed by atoms with E-state index >= 15 is 0 Å². The van der Waals surface area contributed by atoms with Crippen LogP contribution in [0.15, 0.2) is 5.16 Å². The van der Waals surface area contributed by atoms with Gasteiger partial charge >= 0.3 is 6.18 Å². The van der Waals surface area contributed by atoms with E-state index in [0.717, 1.165) is 0 Å². The Morgan fingerprint density at radius 2 is 2.08 bits per heavy atom. The van der Waals surface area contributed by atoms with Gasteiger partial charge in [0.25, 0.3) is 0 Å². The molecule has 0 amide bonds. The fourth-order valence-corrected chi connectivity index (χ4v) is 2.71. The number of halogens is 3. The molecule has 13 heavy (non-hydrogen) atoms. The van der Waals surface area contributed by atoms with Crippen LogP contribution in [0, 0.1) is 0 Å². The molecule has 0 fully saturated rings. The van der Waals surface area contributed by atoms with Gasteiger partial charge in [-0.05, 0) is 12.5 Å². The Hall–Kier alpha value is -0.523. The smallest absolute Gasteiger partial charge is 0.388 e. The van der Waals surface area contributed by atoms with Gasteiger partial charge in [0.05, 0.1) is 5.71 Å². The molecular formula is C7H14F3NOSi. The number of nitrogens with zero attached hydrogens (tertiary/aromatic N) is 1. The summed E-state index contributed by atoms with van der Waals surface area (Å²) in [5.74, 6) is 0. The monoisotopic (exact) mass is 213 g/mol. The molecule has 0 rings (SSSR count). The van der Waals surface area contributed by atoms with E-state index in [1.54, 1.807) is 0 Å². The van der Waals surface area contributed by atoms with Crippen molar-refractivity contribution in [1.82, 2.24) is 0 Å². The predicted molar refractivity (Wildman–Crippen MR) is 48.3 cm³/mol. The van der Waals surface area contributed by atoms with Crippen LogP contribution in [0.3, 0.4) is 0 Å². The van der Waals surface area contributed by atoms with Gasteiger partial charge in [-0.15, -0.1) is 0 Å². The van der Waals surface area contributed by atoms with Crippen molar-refractivity contribution in [2.75, 3.05) is 0 Å². The average molecular weight is 213 g/mol. The Morgan fingerprint density at radius 1 is 1.46 bits per heavy atom. The van der Waals surface area contributed by atoms with Crippen molar-refractivity contribution in [3.8, 4) is 0 Å². The largest absolute Gasteiger partial charge is 0.411 e. The van der Waals surface area contributed by atoms with E-state index in [1.165, 1.54) is 0 Å². The van der Waals surface area contributed by atoms with E-state index in [4.69, 9.17) is 5.21 Å². The summed E-state index contributed by atoms with van der Waals surface area (Å²) >= 11 is 0. The normalized spacial score (nSPS) is 14.3. The van der Waals surface area contributed by atoms with Gasteiger partial charge in [0.2, 0.25) is 0 Å². The molecule has 0 atom stereocenters. The van der Waals surface area contributed by atoms with Gasteiger partial charge in [-0.25, -0.2) is 0 Å². The number of hydrogen-bond donors (Lipinski definition) is 1. The molecule has 0 radical (unpaired) electrons. The van der Waals surface area contributed by atoms with E-state index in [0.29, 0.717) is 18.2 Å². The fourth-order valence-electron chi connectivity index (χ4n) is 0.952. The first-order chi connectivity index (χ1) is 5.99. The molecule has 0 aromatic rings. The summed E-state index contributed by atoms with van der Waals surface area (Å²) in [6.07, 6.45) is -4.10. The second-order valence-corrected chi connectivity index (χ2v) is 4.76. The van der Waals surface area contributed by atoms with Crippen molar-refractivity contribution >= 4 is 15.2 Å². The third-order valence-electron chi connectivity index (χ3n) is 1.73. The van der Waals surface area contributed by atoms with Crippen molar-refractivity contribution in [2.24, 2.45) is 5.16 Å². The van der Waals surface area contributed by atoms with Crippen molar-refractivity contribution in [2.45, 2.75) is 38.0 Å². The van der Waals surface area contributed by atoms with E-state index in [9.17, 15) is 13.2 Å². The summed E-state index contributed by atoms with van der Waals surface area (Å²) in [6.45, 7) is 1.83. The third kappa shape index (κ3) is 7.83. The Morgan fingerprint density at radius 3 is 2.46 bits per heavy atom. The molecule has 1 N–H and O–H groups in total. The van der Waals surface area contributed by atoms with Gasteiger partial charge < -0.3 is 5.21 Å². The molecule has 0 aliphatic rings. The molecule has 2 nitrogen and oxygen atoms in total. The highest BCUT2D eigenvalue weighted by atomic mass is 28.2. The zero-order valence-corrected chi connectivity index (χ0v) is 8.98. The summed E-state index contributed by atoms with van der Waals surface area (Å²) < 4.78 is 35.1. The first-order valence-electron chi connectivity index (χ1n) is 4.26. The summed E-state index contributed by atoms with van der Waals surface area (Å²) in [5, 5.41) is 11.4. The molecule has 0 saturated heterocycles. The highest BCUT2D eigenvalue weighted by Crippen LogP contribution is 2.21. The van der Waals surface area contributed by atoms with Crippen LogP contribution in [0.25, 0.3) is 0 Å². The number of hydrogen-bond acceptors (Lipinski definition) is 2. The third-order valence-corrected chi connectivity index (χ3v) is 3.51. The van der Waals surface area contributed by atoms with Crippen LogP contribution in [-0.4, -0.2) is 26.6 Å². The Kier molecular flexibility index (Phi) is 5.77. The second kappa shape index (κ2) is 6.01. The van der Waals surface area contributed by atoms with Crippen LogP contribution in [-0.2, 0) is 0 Å². The number of rotatable bonds is 5. The number of oxime groups is 1. The minimum absolute atomic E-state index is 0.239. The zero-order chi connectivity index (χ0) is 10.3. The first-order valence-corrected chi connectivity index (χ1v) is 6.26. The van der Waals surface area contributed by atoms with Crippen molar-refractivity contribution in [3.63, 3.8) is 0 Å². The standard InChI is InChI=1S/C7H14F3NOSi/c1-2-6(11-12)5-13-4-3-7(8,9)10/h12H,2-5,13H2,1H3. The van der Waals surface area contributed by atoms with Crippen molar-refractivity contribution in [3.05, 3.63) is 0 Å². The molecule has 78 valence electrons. The maximum atomic E-state index is 11.7. The second-order valence-electron chi connectivity index (χ2n) is 2.84. The molecule has 0 aliphatic heterocycles. The maximum absolute atomic E-state index is 11.7. The predicted octanol–water partition coefficient (Wildman–Crippen LogP) is 2.18. The van der Waals surface area contributed by atoms with Gasteiger partial charge in [-0.1, -0.05) is 18.1 Å². The van der Waals surface area contributed by atoms with Crippen LogP contribution in [0.2, 0.25) is 12.1 Å². The highest BCUT2D eigenvalue weighted by Gasteiger charge is 2.25. The molecule has 0 saturated carbocycles. The molecule has 0 heterocycles. The molecule has 6 heteroatoms. The SMILES string of the molecule is CCC(C[SiH2]CCC(F)(F)F)=NO. The average Bonchev–Trinajstić information content (AvgIpc) is 2.03. The number of alkyl halides is 3. The van der Waals surface area contributed by atoms with E-state index in [-0.39, 0.29) is 6.04 Å². The summed E-state index contributed by atoms with van der Waals surface area (Å²) in [5.41, 5.74) is 0.619. The quantitative estimate of drug-likeness (QED) is 0.245. The molecule has 0 aromatic carbocycles. The van der Waals surface area contributed by atoms with Gasteiger partial charge in [-0.2, -0.15) is 13.2 Å². The first kappa shape index (κ1) is 12.5. The molecule has 0 spiro atoms. The topological polar surface area (TPSA) is 32.6 Å². The van der Waals surface area contributed by atoms with Crippen molar-refractivity contribution in [1.29, 1.82) is 0 Å². The lowest BCUT2D eigenvalue weighted by Crippen LogP contribution is -2.09. The van der Waals surface area contributed by atoms with Crippen LogP contribution in [0.5, 0.6) is 0 Å². The molecule has 0 aliphatic carbocycles. The fraction of sp³-hybridized carbons (Fsp3) is 0.857. The van der Waals surface area contributed by atoms with Crippen LogP contribution in [0.4, 0.5) is 13.2 Å². The molecule has 0 aromatic heterocycles. The van der Waals surface area contributed by atoms with E-state index in [2.05, 4.69) is 5.16 Å². The van der Waals surface area contributed by atoms with Gasteiger partial charge in [-0.3, -0.25) is 0 Å². The molecule has 0 unspecified atom stereocenters. The van der Waals surface area contributed by atoms with Gasteiger partial charge in [0.15, 0.2) is 0 Å². The van der Waals surface area contributed by atoms with Crippen molar-refractivity contribution < 1.29 is 18.4 Å². The lowest BCUT2D eigenvalue weighted by atomic mass is 10.3.